The summed E-state index contributed by atoms with van der Waals surface area (Å²) in [5.74, 6) is 0. The van der Waals surface area contributed by atoms with Gasteiger partial charge in [0.15, 0.2) is 0 Å². The molecule has 2 aromatic heterocycles. The lowest BCUT2D eigenvalue weighted by Gasteiger charge is -2.12. The molecule has 0 aliphatic rings. The summed E-state index contributed by atoms with van der Waals surface area (Å²) in [6.45, 7) is 6.36. The number of aromatic nitrogens is 4. The number of rotatable bonds is 6. The Hall–Kier alpha value is -2.24. The molecule has 0 bridgehead atoms. The second-order valence-electron chi connectivity index (χ2n) is 6.48. The van der Waals surface area contributed by atoms with Gasteiger partial charge in [0.2, 0.25) is 12.7 Å². The van der Waals surface area contributed by atoms with E-state index in [-0.39, 0.29) is 0 Å². The van der Waals surface area contributed by atoms with Crippen molar-refractivity contribution in [3.8, 4) is 0 Å². The predicted molar refractivity (Wildman–Crippen MR) is 102 cm³/mol. The van der Waals surface area contributed by atoms with Crippen molar-refractivity contribution in [3.63, 3.8) is 0 Å². The monoisotopic (exact) mass is 618 g/mol. The van der Waals surface area contributed by atoms with Crippen LogP contribution in [0.15, 0.2) is 37.4 Å². The zero-order chi connectivity index (χ0) is 30.5. The summed E-state index contributed by atoms with van der Waals surface area (Å²) >= 11 is 0. The first-order chi connectivity index (χ1) is 17.0. The molecule has 0 radical (unpaired) electrons. The van der Waals surface area contributed by atoms with Gasteiger partial charge in [0, 0.05) is 0 Å². The predicted octanol–water partition coefficient (Wildman–Crippen LogP) is 3.02. The minimum absolute atomic E-state index is 1.06. The van der Waals surface area contributed by atoms with Crippen LogP contribution in [0.5, 0.6) is 0 Å². The van der Waals surface area contributed by atoms with Crippen molar-refractivity contribution in [1.82, 2.24) is 9.13 Å². The number of halogens is 10. The van der Waals surface area contributed by atoms with E-state index in [0.717, 1.165) is 13.1 Å². The molecule has 0 N–H and O–H groups in total. The Morgan fingerprint density at radius 3 is 1.03 bits per heavy atom. The molecule has 0 saturated carbocycles. The van der Waals surface area contributed by atoms with Crippen molar-refractivity contribution in [2.75, 3.05) is 0 Å². The Morgan fingerprint density at radius 2 is 0.947 bits per heavy atom. The van der Waals surface area contributed by atoms with Crippen molar-refractivity contribution in [2.45, 2.75) is 51.5 Å². The summed E-state index contributed by atoms with van der Waals surface area (Å²) in [6.07, 6.45) is -11.0. The van der Waals surface area contributed by atoms with Crippen LogP contribution < -0.4 is 18.9 Å². The summed E-state index contributed by atoms with van der Waals surface area (Å²) in [7, 11) is -4.41. The van der Waals surface area contributed by atoms with E-state index in [9.17, 15) is 62.8 Å². The van der Waals surface area contributed by atoms with Crippen LogP contribution >= 0.6 is 16.5 Å². The minimum Gasteiger partial charge on any atom is -0.566 e. The first-order valence-electron chi connectivity index (χ1n) is 9.57. The average Bonchev–Trinajstić information content (AvgIpc) is 3.33. The summed E-state index contributed by atoms with van der Waals surface area (Å²) in [4.78, 5) is 18.6. The van der Waals surface area contributed by atoms with E-state index in [2.05, 4.69) is 57.1 Å². The largest absolute Gasteiger partial charge is 0.566 e. The Balaban J connectivity index is 0. The first kappa shape index (κ1) is 37.9. The molecule has 2 unspecified atom stereocenters. The molecule has 0 fully saturated rings. The number of alkyl halides is 10. The highest BCUT2D eigenvalue weighted by Crippen LogP contribution is 2.41. The third kappa shape index (κ3) is 15.9. The number of nitrogens with zero attached hydrogens (tertiary/aromatic N) is 4. The molecule has 2 aromatic rings. The SMILES string of the molecule is CCn1cc[n+](C)c1.CCn1cc[n+](C)c1.O=[P+]([O-])OC(F)(F)C(F)(F)F.O=[P+]([O-])OC(F)(F)C(F)(F)F. The Morgan fingerprint density at radius 1 is 0.684 bits per heavy atom. The highest BCUT2D eigenvalue weighted by atomic mass is 31.1. The fraction of sp³-hybridized carbons (Fsp3) is 0.625. The molecular formula is C16H22F10N4O6P2+2. The number of hydrogen-bond acceptors (Lipinski definition) is 6. The minimum atomic E-state index is -6.01. The summed E-state index contributed by atoms with van der Waals surface area (Å²) in [6, 6.07) is 0. The van der Waals surface area contributed by atoms with E-state index >= 15 is 0 Å². The van der Waals surface area contributed by atoms with Crippen LogP contribution in [0.1, 0.15) is 13.8 Å². The molecule has 38 heavy (non-hydrogen) atoms. The van der Waals surface area contributed by atoms with E-state index in [4.69, 9.17) is 0 Å². The highest BCUT2D eigenvalue weighted by molar-refractivity contribution is 7.30. The van der Waals surface area contributed by atoms with Crippen LogP contribution in [0.4, 0.5) is 43.9 Å². The van der Waals surface area contributed by atoms with Gasteiger partial charge in [-0.15, -0.1) is 0 Å². The van der Waals surface area contributed by atoms with Crippen LogP contribution in [0.3, 0.4) is 0 Å². The zero-order valence-electron chi connectivity index (χ0n) is 19.8. The van der Waals surface area contributed by atoms with Gasteiger partial charge in [0.1, 0.15) is 24.8 Å². The molecule has 0 saturated heterocycles. The Kier molecular flexibility index (Phi) is 16.0. The zero-order valence-corrected chi connectivity index (χ0v) is 21.6. The van der Waals surface area contributed by atoms with Gasteiger partial charge in [-0.25, -0.2) is 18.3 Å². The lowest BCUT2D eigenvalue weighted by Crippen LogP contribution is -2.37. The topological polar surface area (TPSA) is 116 Å². The number of aryl methyl sites for hydroxylation is 4. The third-order valence-corrected chi connectivity index (χ3v) is 4.17. The smallest absolute Gasteiger partial charge is 0.495 e. The van der Waals surface area contributed by atoms with Gasteiger partial charge in [-0.1, -0.05) is 9.05 Å². The maximum atomic E-state index is 11.5. The van der Waals surface area contributed by atoms with Crippen molar-refractivity contribution in [2.24, 2.45) is 14.1 Å². The summed E-state index contributed by atoms with van der Waals surface area (Å²) in [5, 5.41) is 0. The van der Waals surface area contributed by atoms with E-state index < -0.39 is 41.1 Å². The van der Waals surface area contributed by atoms with Gasteiger partial charge in [0.25, 0.3) is 0 Å². The third-order valence-electron chi connectivity index (χ3n) is 3.42. The Labute approximate surface area is 210 Å². The van der Waals surface area contributed by atoms with E-state index in [1.165, 1.54) is 0 Å². The molecule has 22 heteroatoms. The van der Waals surface area contributed by atoms with E-state index in [1.54, 1.807) is 0 Å². The molecule has 2 heterocycles. The molecule has 0 aliphatic heterocycles. The molecule has 0 amide bonds. The summed E-state index contributed by atoms with van der Waals surface area (Å²) in [5.41, 5.74) is 0. The molecule has 0 spiro atoms. The van der Waals surface area contributed by atoms with Gasteiger partial charge in [-0.2, -0.15) is 43.9 Å². The van der Waals surface area contributed by atoms with Gasteiger partial charge < -0.3 is 9.79 Å². The van der Waals surface area contributed by atoms with Gasteiger partial charge in [0.05, 0.1) is 27.2 Å². The second kappa shape index (κ2) is 16.0. The van der Waals surface area contributed by atoms with Crippen molar-refractivity contribution >= 4 is 16.5 Å². The van der Waals surface area contributed by atoms with Crippen LogP contribution in [0, 0.1) is 0 Å². The maximum Gasteiger partial charge on any atom is 0.495 e. The molecule has 10 nitrogen and oxygen atoms in total. The second-order valence-corrected chi connectivity index (χ2v) is 7.74. The fourth-order valence-electron chi connectivity index (χ4n) is 1.67. The standard InChI is InChI=1S/2C6H11N2.2C2F5O3P/c2*1-3-8-5-4-7(2)6-8;2*3-1(4,5)2(6,7)10-11(8)9/h2*4-6H,3H2,1-2H3;;/q2*+1;;. The number of hydrogen-bond donors (Lipinski definition) is 0. The molecule has 0 aliphatic carbocycles. The van der Waals surface area contributed by atoms with Crippen LogP contribution in [-0.4, -0.2) is 33.7 Å². The van der Waals surface area contributed by atoms with Crippen LogP contribution in [0.25, 0.3) is 0 Å². The van der Waals surface area contributed by atoms with E-state index in [1.807, 2.05) is 35.6 Å². The van der Waals surface area contributed by atoms with Crippen LogP contribution in [0.2, 0.25) is 0 Å². The highest BCUT2D eigenvalue weighted by Gasteiger charge is 2.64. The van der Waals surface area contributed by atoms with Crippen molar-refractivity contribution in [1.29, 1.82) is 0 Å². The number of imidazole rings is 2. The molecular weight excluding hydrogens is 596 g/mol. The molecule has 0 aromatic carbocycles. The lowest BCUT2D eigenvalue weighted by molar-refractivity contribution is -0.671. The molecule has 2 rings (SSSR count). The lowest BCUT2D eigenvalue weighted by atomic mass is 10.6. The first-order valence-corrected chi connectivity index (χ1v) is 11.8. The van der Waals surface area contributed by atoms with Crippen LogP contribution in [-0.2, 0) is 45.4 Å². The fourth-order valence-corrected chi connectivity index (χ4v) is 2.25. The Bertz CT molecular complexity index is 920. The maximum absolute atomic E-state index is 11.5. The van der Waals surface area contributed by atoms with Crippen molar-refractivity contribution in [3.05, 3.63) is 37.4 Å². The average molecular weight is 618 g/mol. The van der Waals surface area contributed by atoms with E-state index in [0.29, 0.717) is 0 Å². The van der Waals surface area contributed by atoms with Gasteiger partial charge in [-0.3, -0.25) is 0 Å². The van der Waals surface area contributed by atoms with Crippen molar-refractivity contribution < 1.29 is 81.0 Å². The summed E-state index contributed by atoms with van der Waals surface area (Å²) < 4.78 is 144. The molecule has 220 valence electrons. The normalized spacial score (nSPS) is 12.7. The molecule has 2 atom stereocenters. The van der Waals surface area contributed by atoms with Gasteiger partial charge in [-0.05, 0) is 23.0 Å². The quantitative estimate of drug-likeness (QED) is 0.279. The van der Waals surface area contributed by atoms with Gasteiger partial charge >= 0.3 is 41.1 Å².